The molecule has 4 aromatic carbocycles. The highest BCUT2D eigenvalue weighted by Crippen LogP contribution is 2.38. The predicted molar refractivity (Wildman–Crippen MR) is 212 cm³/mol. The van der Waals surface area contributed by atoms with Crippen molar-refractivity contribution in [1.82, 2.24) is 24.8 Å². The Morgan fingerprint density at radius 2 is 1.74 bits per heavy atom. The maximum absolute atomic E-state index is 16.1. The molecule has 2 aliphatic rings. The van der Waals surface area contributed by atoms with Crippen molar-refractivity contribution in [3.8, 4) is 22.9 Å². The van der Waals surface area contributed by atoms with Gasteiger partial charge in [-0.1, -0.05) is 31.4 Å². The first kappa shape index (κ1) is 37.7. The summed E-state index contributed by atoms with van der Waals surface area (Å²) >= 11 is 0. The molecule has 2 fully saturated rings. The third-order valence-corrected chi connectivity index (χ3v) is 11.2. The van der Waals surface area contributed by atoms with Gasteiger partial charge < -0.3 is 39.8 Å². The van der Waals surface area contributed by atoms with E-state index in [2.05, 4.69) is 14.9 Å². The second kappa shape index (κ2) is 16.1. The summed E-state index contributed by atoms with van der Waals surface area (Å²) < 4.78 is 24.2. The fraction of sp³-hybridized carbons (Fsp3) is 0.318. The first-order valence-electron chi connectivity index (χ1n) is 19.4. The van der Waals surface area contributed by atoms with Crippen molar-refractivity contribution in [1.29, 1.82) is 0 Å². The molecule has 8 rings (SSSR count). The van der Waals surface area contributed by atoms with Gasteiger partial charge in [0.2, 0.25) is 0 Å². The van der Waals surface area contributed by atoms with E-state index < -0.39 is 23.7 Å². The Morgan fingerprint density at radius 3 is 2.51 bits per heavy atom. The Kier molecular flexibility index (Phi) is 10.7. The number of piperidine rings is 1. The largest absolute Gasteiger partial charge is 0.508 e. The first-order valence-corrected chi connectivity index (χ1v) is 19.4. The smallest absolute Gasteiger partial charge is 0.326 e. The van der Waals surface area contributed by atoms with Crippen LogP contribution in [-0.4, -0.2) is 77.8 Å². The summed E-state index contributed by atoms with van der Waals surface area (Å²) in [7, 11) is 0. The number of fused-ring (bicyclic) bond motifs is 2. The van der Waals surface area contributed by atoms with E-state index in [1.165, 1.54) is 12.1 Å². The summed E-state index contributed by atoms with van der Waals surface area (Å²) in [5.41, 5.74) is 4.39. The van der Waals surface area contributed by atoms with Crippen LogP contribution in [0.5, 0.6) is 11.5 Å². The van der Waals surface area contributed by atoms with E-state index in [0.29, 0.717) is 59.5 Å². The number of aliphatic hydroxyl groups excluding tert-OH is 1. The van der Waals surface area contributed by atoms with E-state index in [1.807, 2.05) is 6.07 Å². The molecule has 3 heterocycles. The van der Waals surface area contributed by atoms with E-state index in [0.717, 1.165) is 48.7 Å². The van der Waals surface area contributed by atoms with Crippen molar-refractivity contribution >= 4 is 39.7 Å². The van der Waals surface area contributed by atoms with Crippen molar-refractivity contribution in [3.05, 3.63) is 113 Å². The van der Waals surface area contributed by atoms with Crippen molar-refractivity contribution < 1.29 is 38.8 Å². The number of ether oxygens (including phenoxy) is 1. The molecule has 0 bridgehead atoms. The Balaban J connectivity index is 1.02. The van der Waals surface area contributed by atoms with Gasteiger partial charge in [-0.3, -0.25) is 9.59 Å². The minimum atomic E-state index is -1.25. The molecular weight excluding hydrogens is 730 g/mol. The number of likely N-dealkylation sites (tertiary alicyclic amines) is 1. The zero-order valence-electron chi connectivity index (χ0n) is 31.3. The maximum atomic E-state index is 16.1. The monoisotopic (exact) mass is 773 g/mol. The Hall–Kier alpha value is -6.21. The number of aromatic hydroxyl groups is 1. The van der Waals surface area contributed by atoms with Crippen LogP contribution in [-0.2, 0) is 17.8 Å². The Bertz CT molecular complexity index is 2460. The topological polar surface area (TPSA) is 170 Å². The lowest BCUT2D eigenvalue weighted by molar-refractivity contribution is -0.139. The number of aliphatic carboxylic acids is 1. The average Bonchev–Trinajstić information content (AvgIpc) is 3.80. The summed E-state index contributed by atoms with van der Waals surface area (Å²) in [5.74, 6) is -1.62. The zero-order chi connectivity index (χ0) is 39.6. The fourth-order valence-corrected chi connectivity index (χ4v) is 8.11. The van der Waals surface area contributed by atoms with Crippen LogP contribution in [0.3, 0.4) is 0 Å². The van der Waals surface area contributed by atoms with Gasteiger partial charge in [0.25, 0.3) is 11.8 Å². The van der Waals surface area contributed by atoms with E-state index in [9.17, 15) is 29.7 Å². The van der Waals surface area contributed by atoms with Crippen LogP contribution >= 0.6 is 0 Å². The lowest BCUT2D eigenvalue weighted by atomic mass is 9.94. The number of carbonyl (C=O) groups excluding carboxylic acids is 2. The number of amides is 2. The number of imidazole rings is 1. The number of hydrogen-bond acceptors (Lipinski definition) is 7. The number of hydrogen-bond donors (Lipinski definition) is 5. The number of carbonyl (C=O) groups is 3. The van der Waals surface area contributed by atoms with Gasteiger partial charge in [0, 0.05) is 59.8 Å². The summed E-state index contributed by atoms with van der Waals surface area (Å²) in [6, 6.07) is 20.5. The molecule has 5 N–H and O–H groups in total. The number of nitrogens with zero attached hydrogens (tertiary/aromatic N) is 3. The van der Waals surface area contributed by atoms with E-state index in [4.69, 9.17) is 9.72 Å². The first-order chi connectivity index (χ1) is 27.6. The summed E-state index contributed by atoms with van der Waals surface area (Å²) in [4.78, 5) is 48.6. The molecule has 1 atom stereocenters. The number of rotatable bonds is 11. The molecule has 2 aromatic heterocycles. The number of carboxylic acid groups (broad SMARTS) is 1. The highest BCUT2D eigenvalue weighted by Gasteiger charge is 2.27. The third-order valence-electron chi connectivity index (χ3n) is 11.2. The molecule has 1 saturated carbocycles. The van der Waals surface area contributed by atoms with E-state index in [1.54, 1.807) is 71.8 Å². The highest BCUT2D eigenvalue weighted by atomic mass is 19.1. The molecule has 2 amide bonds. The molecule has 6 aromatic rings. The van der Waals surface area contributed by atoms with E-state index in [-0.39, 0.29) is 48.0 Å². The van der Waals surface area contributed by atoms with Gasteiger partial charge in [0.15, 0.2) is 0 Å². The molecule has 1 saturated heterocycles. The minimum absolute atomic E-state index is 0.0105. The fourth-order valence-electron chi connectivity index (χ4n) is 8.11. The minimum Gasteiger partial charge on any atom is -0.508 e. The molecule has 0 spiro atoms. The molecule has 12 nitrogen and oxygen atoms in total. The van der Waals surface area contributed by atoms with Gasteiger partial charge in [-0.05, 0) is 97.5 Å². The van der Waals surface area contributed by atoms with Gasteiger partial charge >= 0.3 is 5.97 Å². The number of phenols is 1. The number of aliphatic hydroxyl groups is 1. The van der Waals surface area contributed by atoms with Crippen molar-refractivity contribution in [2.24, 2.45) is 0 Å². The van der Waals surface area contributed by atoms with Gasteiger partial charge in [-0.25, -0.2) is 14.2 Å². The number of aromatic amines is 1. The molecular formula is C44H44FN5O7. The SMILES string of the molecule is O=C(NC(Cc1c[nH]c2ccc(O)cc12)C(=O)O)c1ccc2c(c1)nc(-c1ccc(OCc3cccc(C(=O)N4CCC(O)CC4)c3)cc1F)n2C1CCCCC1. The lowest BCUT2D eigenvalue weighted by Crippen LogP contribution is -2.42. The molecule has 294 valence electrons. The van der Waals surface area contributed by atoms with Gasteiger partial charge in [-0.15, -0.1) is 0 Å². The number of nitrogens with one attached hydrogen (secondary N) is 2. The number of carboxylic acids is 1. The number of halogens is 1. The summed E-state index contributed by atoms with van der Waals surface area (Å²) in [6.07, 6.45) is 7.37. The summed E-state index contributed by atoms with van der Waals surface area (Å²) in [6.45, 7) is 1.13. The third kappa shape index (κ3) is 8.06. The number of benzene rings is 4. The van der Waals surface area contributed by atoms with Gasteiger partial charge in [-0.2, -0.15) is 0 Å². The van der Waals surface area contributed by atoms with Crippen molar-refractivity contribution in [3.63, 3.8) is 0 Å². The van der Waals surface area contributed by atoms with Crippen LogP contribution in [0, 0.1) is 5.82 Å². The predicted octanol–water partition coefficient (Wildman–Crippen LogP) is 7.14. The Morgan fingerprint density at radius 1 is 0.930 bits per heavy atom. The number of aromatic nitrogens is 3. The summed E-state index contributed by atoms with van der Waals surface area (Å²) in [5, 5.41) is 33.1. The number of phenolic OH excluding ortho intramolecular Hbond substituents is 1. The highest BCUT2D eigenvalue weighted by molar-refractivity contribution is 6.00. The van der Waals surface area contributed by atoms with Crippen LogP contribution in [0.2, 0.25) is 0 Å². The lowest BCUT2D eigenvalue weighted by Gasteiger charge is -2.29. The van der Waals surface area contributed by atoms with Crippen LogP contribution in [0.15, 0.2) is 85.1 Å². The number of H-pyrrole nitrogens is 1. The zero-order valence-corrected chi connectivity index (χ0v) is 31.3. The van der Waals surface area contributed by atoms with Gasteiger partial charge in [0.1, 0.15) is 35.8 Å². The second-order valence-electron chi connectivity index (χ2n) is 15.1. The van der Waals surface area contributed by atoms with Crippen LogP contribution in [0.4, 0.5) is 4.39 Å². The molecule has 13 heteroatoms. The molecule has 57 heavy (non-hydrogen) atoms. The second-order valence-corrected chi connectivity index (χ2v) is 15.1. The molecule has 0 radical (unpaired) electrons. The maximum Gasteiger partial charge on any atom is 0.326 e. The van der Waals surface area contributed by atoms with Crippen LogP contribution in [0.25, 0.3) is 33.3 Å². The van der Waals surface area contributed by atoms with Crippen molar-refractivity contribution in [2.45, 2.75) is 76.2 Å². The van der Waals surface area contributed by atoms with Crippen molar-refractivity contribution in [2.75, 3.05) is 13.1 Å². The normalized spacial score (nSPS) is 15.9. The molecule has 1 unspecified atom stereocenters. The quantitative estimate of drug-likeness (QED) is 0.0926. The van der Waals surface area contributed by atoms with Gasteiger partial charge in [0.05, 0.1) is 22.7 Å². The standard InChI is InChI=1S/C44H44FN5O7/c45-36-23-33(57-25-26-5-4-6-28(19-26)43(54)49-17-15-31(51)16-18-49)11-12-34(36)41-47-38-20-27(9-14-40(38)50(41)30-7-2-1-3-8-30)42(53)48-39(44(55)56)21-29-24-46-37-13-10-32(52)22-35(29)37/h4-6,9-14,19-20,22-24,30-31,39,46,51-52H,1-3,7-8,15-18,21,25H2,(H,48,53)(H,55,56). The molecule has 1 aliphatic heterocycles. The Labute approximate surface area is 327 Å². The van der Waals surface area contributed by atoms with Crippen LogP contribution < -0.4 is 10.1 Å². The van der Waals surface area contributed by atoms with E-state index >= 15 is 4.39 Å². The molecule has 1 aliphatic carbocycles. The van der Waals surface area contributed by atoms with Crippen LogP contribution in [0.1, 0.15) is 82.8 Å². The average molecular weight is 774 g/mol.